The zero-order valence-electron chi connectivity index (χ0n) is 20.3. The van der Waals surface area contributed by atoms with Gasteiger partial charge in [-0.05, 0) is 48.2 Å². The molecule has 7 heteroatoms. The molecule has 0 bridgehead atoms. The minimum absolute atomic E-state index is 0.0837. The molecule has 0 aliphatic heterocycles. The number of aromatic amines is 1. The van der Waals surface area contributed by atoms with Gasteiger partial charge in [-0.15, -0.1) is 0 Å². The summed E-state index contributed by atoms with van der Waals surface area (Å²) < 4.78 is 11.0. The third-order valence-corrected chi connectivity index (χ3v) is 5.98. The quantitative estimate of drug-likeness (QED) is 0.283. The lowest BCUT2D eigenvalue weighted by Crippen LogP contribution is -2.46. The van der Waals surface area contributed by atoms with Crippen LogP contribution in [0.5, 0.6) is 11.5 Å². The van der Waals surface area contributed by atoms with Gasteiger partial charge in [0.2, 0.25) is 5.91 Å². The summed E-state index contributed by atoms with van der Waals surface area (Å²) in [6.45, 7) is 0.206. The van der Waals surface area contributed by atoms with Gasteiger partial charge in [-0.2, -0.15) is 0 Å². The van der Waals surface area contributed by atoms with E-state index in [-0.39, 0.29) is 24.5 Å². The standard InChI is InChI=1S/C29H31N3O4/c1-35-27-14-8-5-9-21(27)15-16-28(33)31-19-23(17-22-18-30-26-13-7-6-12-25(22)26)32-29(34)20-36-24-10-3-2-4-11-24/h2-14,18,23,30H,15-17,19-20H2,1H3,(H,31,33)(H,32,34)/t23-/m1/s1. The van der Waals surface area contributed by atoms with Crippen LogP contribution in [0.1, 0.15) is 17.5 Å². The van der Waals surface area contributed by atoms with Crippen molar-refractivity contribution in [1.29, 1.82) is 0 Å². The second-order valence-electron chi connectivity index (χ2n) is 8.55. The molecule has 0 spiro atoms. The highest BCUT2D eigenvalue weighted by Gasteiger charge is 2.17. The zero-order chi connectivity index (χ0) is 25.2. The Labute approximate surface area is 210 Å². The molecule has 36 heavy (non-hydrogen) atoms. The van der Waals surface area contributed by atoms with Gasteiger partial charge >= 0.3 is 0 Å². The molecule has 3 aromatic carbocycles. The Hall–Kier alpha value is -4.26. The Balaban J connectivity index is 1.36. The highest BCUT2D eigenvalue weighted by molar-refractivity contribution is 5.83. The van der Waals surface area contributed by atoms with E-state index < -0.39 is 0 Å². The first-order valence-electron chi connectivity index (χ1n) is 12.0. The molecule has 4 rings (SSSR count). The van der Waals surface area contributed by atoms with Gasteiger partial charge in [0, 0.05) is 30.1 Å². The lowest BCUT2D eigenvalue weighted by molar-refractivity contribution is -0.125. The van der Waals surface area contributed by atoms with E-state index in [4.69, 9.17) is 9.47 Å². The normalized spacial score (nSPS) is 11.6. The van der Waals surface area contributed by atoms with Crippen molar-refractivity contribution in [3.8, 4) is 11.5 Å². The number of aromatic nitrogens is 1. The minimum atomic E-state index is -0.300. The van der Waals surface area contributed by atoms with Crippen molar-refractivity contribution in [1.82, 2.24) is 15.6 Å². The largest absolute Gasteiger partial charge is 0.496 e. The molecule has 0 fully saturated rings. The summed E-state index contributed by atoms with van der Waals surface area (Å²) >= 11 is 0. The predicted molar refractivity (Wildman–Crippen MR) is 140 cm³/mol. The molecule has 1 heterocycles. The Kier molecular flexibility index (Phi) is 8.59. The molecule has 1 aromatic heterocycles. The number of carbonyl (C=O) groups is 2. The Morgan fingerprint density at radius 1 is 0.889 bits per heavy atom. The number of rotatable bonds is 12. The lowest BCUT2D eigenvalue weighted by Gasteiger charge is -2.20. The van der Waals surface area contributed by atoms with E-state index in [0.717, 1.165) is 27.8 Å². The maximum Gasteiger partial charge on any atom is 0.258 e. The molecule has 4 aromatic rings. The van der Waals surface area contributed by atoms with Crippen LogP contribution < -0.4 is 20.1 Å². The Morgan fingerprint density at radius 3 is 2.47 bits per heavy atom. The van der Waals surface area contributed by atoms with Gasteiger partial charge in [0.15, 0.2) is 6.61 Å². The smallest absolute Gasteiger partial charge is 0.258 e. The maximum absolute atomic E-state index is 12.7. The monoisotopic (exact) mass is 485 g/mol. The second-order valence-corrected chi connectivity index (χ2v) is 8.55. The summed E-state index contributed by atoms with van der Waals surface area (Å²) in [5.74, 6) is 1.07. The van der Waals surface area contributed by atoms with Crippen molar-refractivity contribution in [2.75, 3.05) is 20.3 Å². The summed E-state index contributed by atoms with van der Waals surface area (Å²) in [6, 6.07) is 24.6. The SMILES string of the molecule is COc1ccccc1CCC(=O)NC[C@@H](Cc1c[nH]c2ccccc12)NC(=O)COc1ccccc1. The van der Waals surface area contributed by atoms with Gasteiger partial charge in [-0.25, -0.2) is 0 Å². The third-order valence-electron chi connectivity index (χ3n) is 5.98. The number of hydrogen-bond acceptors (Lipinski definition) is 4. The van der Waals surface area contributed by atoms with Gasteiger partial charge in [0.25, 0.3) is 5.91 Å². The fraction of sp³-hybridized carbons (Fsp3) is 0.241. The summed E-state index contributed by atoms with van der Waals surface area (Å²) in [4.78, 5) is 28.6. The van der Waals surface area contributed by atoms with Crippen LogP contribution in [0.4, 0.5) is 0 Å². The van der Waals surface area contributed by atoms with Crippen molar-refractivity contribution in [2.24, 2.45) is 0 Å². The number of nitrogens with one attached hydrogen (secondary N) is 3. The first-order chi connectivity index (χ1) is 17.6. The van der Waals surface area contributed by atoms with Gasteiger partial charge in [-0.1, -0.05) is 54.6 Å². The van der Waals surface area contributed by atoms with Crippen molar-refractivity contribution in [2.45, 2.75) is 25.3 Å². The molecule has 2 amide bonds. The van der Waals surface area contributed by atoms with E-state index in [1.807, 2.05) is 72.9 Å². The molecule has 186 valence electrons. The summed E-state index contributed by atoms with van der Waals surface area (Å²) in [5, 5.41) is 7.11. The van der Waals surface area contributed by atoms with E-state index in [2.05, 4.69) is 15.6 Å². The van der Waals surface area contributed by atoms with Crippen molar-refractivity contribution in [3.05, 3.63) is 96.2 Å². The molecular formula is C29H31N3O4. The van der Waals surface area contributed by atoms with Gasteiger partial charge < -0.3 is 25.1 Å². The van der Waals surface area contributed by atoms with E-state index >= 15 is 0 Å². The van der Waals surface area contributed by atoms with Crippen LogP contribution in [0.25, 0.3) is 10.9 Å². The van der Waals surface area contributed by atoms with E-state index in [1.54, 1.807) is 19.2 Å². The van der Waals surface area contributed by atoms with Gasteiger partial charge in [-0.3, -0.25) is 9.59 Å². The average molecular weight is 486 g/mol. The number of benzene rings is 3. The minimum Gasteiger partial charge on any atom is -0.496 e. The highest BCUT2D eigenvalue weighted by Crippen LogP contribution is 2.20. The second kappa shape index (κ2) is 12.4. The number of amides is 2. The fourth-order valence-corrected chi connectivity index (χ4v) is 4.16. The first-order valence-corrected chi connectivity index (χ1v) is 12.0. The molecule has 1 atom stereocenters. The fourth-order valence-electron chi connectivity index (χ4n) is 4.16. The third kappa shape index (κ3) is 6.88. The van der Waals surface area contributed by atoms with Crippen LogP contribution in [-0.2, 0) is 22.4 Å². The van der Waals surface area contributed by atoms with Crippen molar-refractivity contribution in [3.63, 3.8) is 0 Å². The average Bonchev–Trinajstić information content (AvgIpc) is 3.32. The maximum atomic E-state index is 12.7. The predicted octanol–water partition coefficient (Wildman–Crippen LogP) is 4.03. The van der Waals surface area contributed by atoms with Crippen LogP contribution in [-0.4, -0.2) is 43.1 Å². The molecule has 0 radical (unpaired) electrons. The van der Waals surface area contributed by atoms with Crippen LogP contribution in [0.15, 0.2) is 85.1 Å². The molecule has 0 saturated heterocycles. The topological polar surface area (TPSA) is 92.5 Å². The first kappa shape index (κ1) is 24.9. The Bertz CT molecular complexity index is 1290. The summed E-state index contributed by atoms with van der Waals surface area (Å²) in [5.41, 5.74) is 3.09. The molecule has 3 N–H and O–H groups in total. The van der Waals surface area contributed by atoms with Crippen LogP contribution >= 0.6 is 0 Å². The van der Waals surface area contributed by atoms with Crippen molar-refractivity contribution >= 4 is 22.7 Å². The molecular weight excluding hydrogens is 454 g/mol. The van der Waals surface area contributed by atoms with Crippen LogP contribution in [0.3, 0.4) is 0 Å². The van der Waals surface area contributed by atoms with Gasteiger partial charge in [0.05, 0.1) is 13.2 Å². The number of H-pyrrole nitrogens is 1. The Morgan fingerprint density at radius 2 is 1.64 bits per heavy atom. The van der Waals surface area contributed by atoms with E-state index in [9.17, 15) is 9.59 Å². The molecule has 0 aliphatic rings. The van der Waals surface area contributed by atoms with Crippen LogP contribution in [0, 0.1) is 0 Å². The zero-order valence-corrected chi connectivity index (χ0v) is 20.3. The molecule has 7 nitrogen and oxygen atoms in total. The number of aryl methyl sites for hydroxylation is 1. The number of fused-ring (bicyclic) bond motifs is 1. The van der Waals surface area contributed by atoms with Gasteiger partial charge in [0.1, 0.15) is 11.5 Å². The van der Waals surface area contributed by atoms with E-state index in [0.29, 0.717) is 31.6 Å². The number of carbonyl (C=O) groups excluding carboxylic acids is 2. The molecule has 0 aliphatic carbocycles. The summed E-state index contributed by atoms with van der Waals surface area (Å²) in [7, 11) is 1.62. The number of hydrogen-bond donors (Lipinski definition) is 3. The van der Waals surface area contributed by atoms with E-state index in [1.165, 1.54) is 0 Å². The lowest BCUT2D eigenvalue weighted by atomic mass is 10.0. The highest BCUT2D eigenvalue weighted by atomic mass is 16.5. The molecule has 0 unspecified atom stereocenters. The van der Waals surface area contributed by atoms with Crippen molar-refractivity contribution < 1.29 is 19.1 Å². The number of methoxy groups -OCH3 is 1. The summed E-state index contributed by atoms with van der Waals surface area (Å²) in [6.07, 6.45) is 3.41. The van der Waals surface area contributed by atoms with Crippen LogP contribution in [0.2, 0.25) is 0 Å². The molecule has 0 saturated carbocycles. The number of para-hydroxylation sites is 3. The number of ether oxygens (including phenoxy) is 2.